The molecule has 6 heteroatoms. The summed E-state index contributed by atoms with van der Waals surface area (Å²) >= 11 is 0. The zero-order valence-electron chi connectivity index (χ0n) is 11.5. The average Bonchev–Trinajstić information content (AvgIpc) is 2.77. The molecule has 2 N–H and O–H groups in total. The first-order valence-electron chi connectivity index (χ1n) is 6.99. The minimum Gasteiger partial charge on any atom is -0.497 e. The molecule has 3 rings (SSSR count). The smallest absolute Gasteiger partial charge is 0.240 e. The molecule has 2 atom stereocenters. The lowest BCUT2D eigenvalue weighted by molar-refractivity contribution is 0.345. The van der Waals surface area contributed by atoms with Gasteiger partial charge in [0.2, 0.25) is 10.0 Å². The van der Waals surface area contributed by atoms with Crippen LogP contribution in [-0.4, -0.2) is 33.7 Å². The normalized spacial score (nSPS) is 29.4. The Morgan fingerprint density at radius 3 is 2.30 bits per heavy atom. The minimum absolute atomic E-state index is 0.0425. The summed E-state index contributed by atoms with van der Waals surface area (Å²) < 4.78 is 32.6. The highest BCUT2D eigenvalue weighted by Gasteiger charge is 2.35. The van der Waals surface area contributed by atoms with Crippen molar-refractivity contribution >= 4 is 10.0 Å². The molecule has 2 aliphatic heterocycles. The van der Waals surface area contributed by atoms with Crippen LogP contribution < -0.4 is 14.8 Å². The quantitative estimate of drug-likeness (QED) is 0.878. The molecule has 2 bridgehead atoms. The number of fused-ring (bicyclic) bond motifs is 2. The second-order valence-corrected chi connectivity index (χ2v) is 7.32. The summed E-state index contributed by atoms with van der Waals surface area (Å²) in [7, 11) is -1.88. The van der Waals surface area contributed by atoms with Gasteiger partial charge in [0.05, 0.1) is 12.0 Å². The molecule has 0 spiro atoms. The molecule has 110 valence electrons. The van der Waals surface area contributed by atoms with Gasteiger partial charge in [-0.25, -0.2) is 13.1 Å². The molecular formula is C14H20N2O3S. The topological polar surface area (TPSA) is 67.4 Å². The van der Waals surface area contributed by atoms with Crippen LogP contribution in [-0.2, 0) is 10.0 Å². The fourth-order valence-electron chi connectivity index (χ4n) is 3.20. The number of hydrogen-bond acceptors (Lipinski definition) is 4. The van der Waals surface area contributed by atoms with Gasteiger partial charge in [0.25, 0.3) is 0 Å². The molecule has 2 unspecified atom stereocenters. The summed E-state index contributed by atoms with van der Waals surface area (Å²) in [5.41, 5.74) is 0. The lowest BCUT2D eigenvalue weighted by Gasteiger charge is -2.29. The maximum absolute atomic E-state index is 12.4. The summed E-state index contributed by atoms with van der Waals surface area (Å²) in [5, 5.41) is 3.51. The number of sulfonamides is 1. The number of methoxy groups -OCH3 is 1. The van der Waals surface area contributed by atoms with Crippen molar-refractivity contribution in [2.75, 3.05) is 7.11 Å². The van der Waals surface area contributed by atoms with Crippen molar-refractivity contribution in [1.29, 1.82) is 0 Å². The van der Waals surface area contributed by atoms with Gasteiger partial charge in [-0.05, 0) is 49.9 Å². The first kappa shape index (κ1) is 13.9. The molecule has 20 heavy (non-hydrogen) atoms. The summed E-state index contributed by atoms with van der Waals surface area (Å²) in [4.78, 5) is 0.296. The highest BCUT2D eigenvalue weighted by atomic mass is 32.2. The Balaban J connectivity index is 1.71. The lowest BCUT2D eigenvalue weighted by Crippen LogP contribution is -2.47. The van der Waals surface area contributed by atoms with Crippen molar-refractivity contribution in [2.24, 2.45) is 0 Å². The number of ether oxygens (including phenoxy) is 1. The van der Waals surface area contributed by atoms with Crippen molar-refractivity contribution in [3.8, 4) is 5.75 Å². The Morgan fingerprint density at radius 1 is 1.15 bits per heavy atom. The maximum Gasteiger partial charge on any atom is 0.240 e. The van der Waals surface area contributed by atoms with E-state index in [9.17, 15) is 8.42 Å². The molecule has 1 aromatic carbocycles. The molecule has 1 aromatic rings. The molecule has 2 fully saturated rings. The van der Waals surface area contributed by atoms with E-state index in [-0.39, 0.29) is 6.04 Å². The predicted molar refractivity (Wildman–Crippen MR) is 76.3 cm³/mol. The first-order valence-corrected chi connectivity index (χ1v) is 8.47. The molecule has 2 saturated heterocycles. The zero-order valence-corrected chi connectivity index (χ0v) is 12.3. The molecule has 0 aliphatic carbocycles. The van der Waals surface area contributed by atoms with E-state index in [1.165, 1.54) is 0 Å². The fourth-order valence-corrected chi connectivity index (χ4v) is 4.46. The molecule has 0 radical (unpaired) electrons. The van der Waals surface area contributed by atoms with Crippen LogP contribution in [0.1, 0.15) is 25.7 Å². The number of rotatable bonds is 4. The van der Waals surface area contributed by atoms with E-state index in [0.29, 0.717) is 22.7 Å². The van der Waals surface area contributed by atoms with E-state index in [0.717, 1.165) is 25.7 Å². The van der Waals surface area contributed by atoms with E-state index < -0.39 is 10.0 Å². The highest BCUT2D eigenvalue weighted by molar-refractivity contribution is 7.89. The first-order chi connectivity index (χ1) is 9.56. The van der Waals surface area contributed by atoms with Gasteiger partial charge in [-0.1, -0.05) is 0 Å². The van der Waals surface area contributed by atoms with Crippen LogP contribution in [0, 0.1) is 0 Å². The Kier molecular flexibility index (Phi) is 3.70. The summed E-state index contributed by atoms with van der Waals surface area (Å²) in [6.07, 6.45) is 4.08. The standard InChI is InChI=1S/C14H20N2O3S/c1-19-13-4-6-14(7-5-13)20(17,18)16-12-8-10-2-3-11(9-12)15-10/h4-7,10-12,15-16H,2-3,8-9H2,1H3. The molecular weight excluding hydrogens is 276 g/mol. The lowest BCUT2D eigenvalue weighted by atomic mass is 10.0. The average molecular weight is 296 g/mol. The third kappa shape index (κ3) is 2.82. The highest BCUT2D eigenvalue weighted by Crippen LogP contribution is 2.27. The van der Waals surface area contributed by atoms with Gasteiger partial charge in [-0.2, -0.15) is 0 Å². The van der Waals surface area contributed by atoms with Crippen LogP contribution in [0.15, 0.2) is 29.2 Å². The van der Waals surface area contributed by atoms with E-state index >= 15 is 0 Å². The third-order valence-electron chi connectivity index (χ3n) is 4.16. The Bertz CT molecular complexity index is 559. The second kappa shape index (κ2) is 5.35. The van der Waals surface area contributed by atoms with Crippen molar-refractivity contribution in [2.45, 2.75) is 48.7 Å². The van der Waals surface area contributed by atoms with Crippen LogP contribution >= 0.6 is 0 Å². The summed E-state index contributed by atoms with van der Waals surface area (Å²) in [5.74, 6) is 0.656. The number of benzene rings is 1. The van der Waals surface area contributed by atoms with Gasteiger partial charge < -0.3 is 10.1 Å². The van der Waals surface area contributed by atoms with Crippen LogP contribution in [0.4, 0.5) is 0 Å². The predicted octanol–water partition coefficient (Wildman–Crippen LogP) is 1.26. The van der Waals surface area contributed by atoms with E-state index in [4.69, 9.17) is 4.74 Å². The van der Waals surface area contributed by atoms with Crippen LogP contribution in [0.25, 0.3) is 0 Å². The van der Waals surface area contributed by atoms with Crippen molar-refractivity contribution < 1.29 is 13.2 Å². The van der Waals surface area contributed by atoms with Gasteiger partial charge in [-0.15, -0.1) is 0 Å². The van der Waals surface area contributed by atoms with Gasteiger partial charge in [0.15, 0.2) is 0 Å². The maximum atomic E-state index is 12.4. The number of hydrogen-bond donors (Lipinski definition) is 2. The molecule has 0 aromatic heterocycles. The largest absolute Gasteiger partial charge is 0.497 e. The van der Waals surface area contributed by atoms with Gasteiger partial charge >= 0.3 is 0 Å². The monoisotopic (exact) mass is 296 g/mol. The number of nitrogens with one attached hydrogen (secondary N) is 2. The zero-order chi connectivity index (χ0) is 14.2. The Hall–Kier alpha value is -1.11. The van der Waals surface area contributed by atoms with E-state index in [2.05, 4.69) is 10.0 Å². The third-order valence-corrected chi connectivity index (χ3v) is 5.70. The van der Waals surface area contributed by atoms with Crippen molar-refractivity contribution in [1.82, 2.24) is 10.0 Å². The van der Waals surface area contributed by atoms with Crippen molar-refractivity contribution in [3.63, 3.8) is 0 Å². The molecule has 0 saturated carbocycles. The minimum atomic E-state index is -3.44. The molecule has 0 amide bonds. The summed E-state index contributed by atoms with van der Waals surface area (Å²) in [6, 6.07) is 7.48. The van der Waals surface area contributed by atoms with Gasteiger partial charge in [0, 0.05) is 18.1 Å². The van der Waals surface area contributed by atoms with Crippen LogP contribution in [0.3, 0.4) is 0 Å². The van der Waals surface area contributed by atoms with E-state index in [1.807, 2.05) is 0 Å². The van der Waals surface area contributed by atoms with Gasteiger partial charge in [-0.3, -0.25) is 0 Å². The number of piperidine rings is 1. The molecule has 2 heterocycles. The Labute approximate surface area is 119 Å². The van der Waals surface area contributed by atoms with Gasteiger partial charge in [0.1, 0.15) is 5.75 Å². The SMILES string of the molecule is COc1ccc(S(=O)(=O)NC2CC3CCC(C2)N3)cc1. The molecule has 5 nitrogen and oxygen atoms in total. The van der Waals surface area contributed by atoms with Crippen LogP contribution in [0.5, 0.6) is 5.75 Å². The fraction of sp³-hybridized carbons (Fsp3) is 0.571. The Morgan fingerprint density at radius 2 is 1.75 bits per heavy atom. The van der Waals surface area contributed by atoms with E-state index in [1.54, 1.807) is 31.4 Å². The van der Waals surface area contributed by atoms with Crippen LogP contribution in [0.2, 0.25) is 0 Å². The summed E-state index contributed by atoms with van der Waals surface area (Å²) in [6.45, 7) is 0. The second-order valence-electron chi connectivity index (χ2n) is 5.60. The van der Waals surface area contributed by atoms with Crippen molar-refractivity contribution in [3.05, 3.63) is 24.3 Å². The molecule has 2 aliphatic rings.